The van der Waals surface area contributed by atoms with Gasteiger partial charge in [0.1, 0.15) is 6.04 Å². The zero-order chi connectivity index (χ0) is 18.5. The van der Waals surface area contributed by atoms with Crippen molar-refractivity contribution in [3.63, 3.8) is 0 Å². The van der Waals surface area contributed by atoms with Crippen LogP contribution in [0.15, 0.2) is 27.6 Å². The van der Waals surface area contributed by atoms with Gasteiger partial charge in [0.2, 0.25) is 15.9 Å². The molecule has 0 saturated carbocycles. The highest BCUT2D eigenvalue weighted by atomic mass is 79.9. The average Bonchev–Trinajstić information content (AvgIpc) is 2.52. The second-order valence-electron chi connectivity index (χ2n) is 5.42. The normalized spacial score (nSPS) is 12.8. The van der Waals surface area contributed by atoms with Crippen molar-refractivity contribution in [3.8, 4) is 0 Å². The van der Waals surface area contributed by atoms with Crippen LogP contribution in [0.3, 0.4) is 0 Å². The molecule has 1 rings (SSSR count). The van der Waals surface area contributed by atoms with E-state index in [1.54, 1.807) is 6.92 Å². The van der Waals surface area contributed by atoms with Crippen LogP contribution < -0.4 is 10.6 Å². The van der Waals surface area contributed by atoms with E-state index in [0.29, 0.717) is 11.0 Å². The lowest BCUT2D eigenvalue weighted by atomic mass is 10.2. The number of carbonyl (C=O) groups is 2. The first kappa shape index (κ1) is 20.6. The van der Waals surface area contributed by atoms with Gasteiger partial charge in [-0.1, -0.05) is 6.92 Å². The van der Waals surface area contributed by atoms with Crippen LogP contribution in [0, 0.1) is 0 Å². The first-order valence-electron chi connectivity index (χ1n) is 7.42. The fourth-order valence-electron chi connectivity index (χ4n) is 1.79. The Morgan fingerprint density at radius 3 is 2.46 bits per heavy atom. The summed E-state index contributed by atoms with van der Waals surface area (Å²) in [6.45, 7) is 4.02. The molecule has 0 aromatic heterocycles. The zero-order valence-corrected chi connectivity index (χ0v) is 16.5. The predicted molar refractivity (Wildman–Crippen MR) is 95.2 cm³/mol. The lowest BCUT2D eigenvalue weighted by Gasteiger charge is -2.16. The molecule has 2 amide bonds. The third-order valence-electron chi connectivity index (χ3n) is 3.25. The van der Waals surface area contributed by atoms with Crippen molar-refractivity contribution < 1.29 is 18.0 Å². The van der Waals surface area contributed by atoms with Gasteiger partial charge in [0.15, 0.2) is 0 Å². The third kappa shape index (κ3) is 5.02. The van der Waals surface area contributed by atoms with Crippen molar-refractivity contribution in [2.75, 3.05) is 20.6 Å². The van der Waals surface area contributed by atoms with E-state index in [9.17, 15) is 18.0 Å². The van der Waals surface area contributed by atoms with Crippen molar-refractivity contribution >= 4 is 37.8 Å². The molecule has 0 radical (unpaired) electrons. The van der Waals surface area contributed by atoms with Crippen LogP contribution >= 0.6 is 15.9 Å². The highest BCUT2D eigenvalue weighted by Gasteiger charge is 2.22. The van der Waals surface area contributed by atoms with Crippen LogP contribution in [-0.2, 0) is 14.8 Å². The number of carbonyl (C=O) groups excluding carboxylic acids is 2. The number of halogens is 1. The molecular weight excluding hydrogens is 398 g/mol. The van der Waals surface area contributed by atoms with E-state index >= 15 is 0 Å². The topological polar surface area (TPSA) is 95.6 Å². The van der Waals surface area contributed by atoms with E-state index in [0.717, 1.165) is 10.7 Å². The van der Waals surface area contributed by atoms with E-state index in [2.05, 4.69) is 26.6 Å². The van der Waals surface area contributed by atoms with E-state index in [1.165, 1.54) is 32.3 Å². The molecule has 1 aromatic carbocycles. The van der Waals surface area contributed by atoms with Gasteiger partial charge in [-0.15, -0.1) is 0 Å². The van der Waals surface area contributed by atoms with E-state index < -0.39 is 22.0 Å². The Morgan fingerprint density at radius 2 is 1.92 bits per heavy atom. The summed E-state index contributed by atoms with van der Waals surface area (Å²) in [7, 11) is -0.825. The lowest BCUT2D eigenvalue weighted by Crippen LogP contribution is -2.45. The number of nitrogens with one attached hydrogen (secondary N) is 2. The van der Waals surface area contributed by atoms with Crippen molar-refractivity contribution in [3.05, 3.63) is 28.2 Å². The highest BCUT2D eigenvalue weighted by Crippen LogP contribution is 2.22. The fraction of sp³-hybridized carbons (Fsp3) is 0.467. The molecule has 2 N–H and O–H groups in total. The van der Waals surface area contributed by atoms with Crippen molar-refractivity contribution in [2.45, 2.75) is 31.2 Å². The standard InChI is InChI=1S/C15H22BrN3O4S/c1-5-8-17-14(20)10(2)18-15(21)12-9-11(6-7-13(12)16)24(22,23)19(3)4/h6-7,9-10H,5,8H2,1-4H3,(H,17,20)(H,18,21)/t10-/m0/s1. The summed E-state index contributed by atoms with van der Waals surface area (Å²) >= 11 is 3.23. The summed E-state index contributed by atoms with van der Waals surface area (Å²) in [4.78, 5) is 24.2. The molecule has 1 atom stereocenters. The number of nitrogens with zero attached hydrogens (tertiary/aromatic N) is 1. The van der Waals surface area contributed by atoms with Crippen molar-refractivity contribution in [2.24, 2.45) is 0 Å². The molecule has 0 bridgehead atoms. The summed E-state index contributed by atoms with van der Waals surface area (Å²) in [6, 6.07) is 3.46. The minimum absolute atomic E-state index is 0.00365. The lowest BCUT2D eigenvalue weighted by molar-refractivity contribution is -0.122. The molecule has 0 aliphatic rings. The number of benzene rings is 1. The number of amides is 2. The molecule has 0 aliphatic carbocycles. The largest absolute Gasteiger partial charge is 0.354 e. The number of rotatable bonds is 7. The summed E-state index contributed by atoms with van der Waals surface area (Å²) < 4.78 is 25.9. The van der Waals surface area contributed by atoms with Crippen molar-refractivity contribution in [1.29, 1.82) is 0 Å². The van der Waals surface area contributed by atoms with Crippen molar-refractivity contribution in [1.82, 2.24) is 14.9 Å². The molecule has 1 aromatic rings. The summed E-state index contributed by atoms with van der Waals surface area (Å²) in [5.41, 5.74) is 0.146. The second-order valence-corrected chi connectivity index (χ2v) is 8.42. The smallest absolute Gasteiger partial charge is 0.253 e. The maximum absolute atomic E-state index is 12.4. The minimum atomic E-state index is -3.65. The van der Waals surface area contributed by atoms with Gasteiger partial charge in [-0.2, -0.15) is 0 Å². The van der Waals surface area contributed by atoms with E-state index in [-0.39, 0.29) is 16.4 Å². The van der Waals surface area contributed by atoms with Gasteiger partial charge >= 0.3 is 0 Å². The van der Waals surface area contributed by atoms with Gasteiger partial charge in [-0.05, 0) is 47.5 Å². The fourth-order valence-corrected chi connectivity index (χ4v) is 3.15. The first-order valence-corrected chi connectivity index (χ1v) is 9.65. The maximum atomic E-state index is 12.4. The molecule has 9 heteroatoms. The number of hydrogen-bond acceptors (Lipinski definition) is 4. The molecule has 0 spiro atoms. The molecule has 24 heavy (non-hydrogen) atoms. The zero-order valence-electron chi connectivity index (χ0n) is 14.1. The Hall–Kier alpha value is -1.45. The van der Waals surface area contributed by atoms with Crippen LogP contribution in [0.2, 0.25) is 0 Å². The van der Waals surface area contributed by atoms with E-state index in [1.807, 2.05) is 6.92 Å². The van der Waals surface area contributed by atoms with Crippen LogP contribution in [0.5, 0.6) is 0 Å². The maximum Gasteiger partial charge on any atom is 0.253 e. The Kier molecular flexibility index (Phi) is 7.37. The quantitative estimate of drug-likeness (QED) is 0.696. The predicted octanol–water partition coefficient (Wildman–Crippen LogP) is 1.34. The monoisotopic (exact) mass is 419 g/mol. The summed E-state index contributed by atoms with van der Waals surface area (Å²) in [5, 5.41) is 5.25. The SMILES string of the molecule is CCCNC(=O)[C@H](C)NC(=O)c1cc(S(=O)(=O)N(C)C)ccc1Br. The molecule has 0 aliphatic heterocycles. The molecular formula is C15H22BrN3O4S. The van der Waals surface area contributed by atoms with Crippen LogP contribution in [0.25, 0.3) is 0 Å². The van der Waals surface area contributed by atoms with Crippen LogP contribution in [0.4, 0.5) is 0 Å². The van der Waals surface area contributed by atoms with Crippen LogP contribution in [0.1, 0.15) is 30.6 Å². The van der Waals surface area contributed by atoms with Crippen LogP contribution in [-0.4, -0.2) is 51.2 Å². The Labute approximate surface area is 151 Å². The third-order valence-corrected chi connectivity index (χ3v) is 5.75. The molecule has 7 nitrogen and oxygen atoms in total. The second kappa shape index (κ2) is 8.59. The summed E-state index contributed by atoms with van der Waals surface area (Å²) in [5.74, 6) is -0.824. The van der Waals surface area contributed by atoms with Gasteiger partial charge in [-0.25, -0.2) is 12.7 Å². The van der Waals surface area contributed by atoms with Gasteiger partial charge in [0, 0.05) is 25.1 Å². The Bertz CT molecular complexity index is 719. The highest BCUT2D eigenvalue weighted by molar-refractivity contribution is 9.10. The average molecular weight is 420 g/mol. The molecule has 0 unspecified atom stereocenters. The molecule has 0 heterocycles. The molecule has 0 saturated heterocycles. The Balaban J connectivity index is 3.01. The first-order chi connectivity index (χ1) is 11.1. The number of sulfonamides is 1. The van der Waals surface area contributed by atoms with Gasteiger partial charge in [0.05, 0.1) is 10.5 Å². The molecule has 134 valence electrons. The molecule has 0 fully saturated rings. The van der Waals surface area contributed by atoms with Gasteiger partial charge < -0.3 is 10.6 Å². The van der Waals surface area contributed by atoms with Gasteiger partial charge in [-0.3, -0.25) is 9.59 Å². The summed E-state index contributed by atoms with van der Waals surface area (Å²) in [6.07, 6.45) is 0.794. The van der Waals surface area contributed by atoms with Gasteiger partial charge in [0.25, 0.3) is 5.91 Å². The minimum Gasteiger partial charge on any atom is -0.354 e. The Morgan fingerprint density at radius 1 is 1.29 bits per heavy atom. The number of hydrogen-bond donors (Lipinski definition) is 2. The van der Waals surface area contributed by atoms with E-state index in [4.69, 9.17) is 0 Å².